The van der Waals surface area contributed by atoms with Crippen LogP contribution in [0.5, 0.6) is 0 Å². The van der Waals surface area contributed by atoms with E-state index >= 15 is 0 Å². The van der Waals surface area contributed by atoms with Crippen LogP contribution < -0.4 is 5.32 Å². The molecule has 0 fully saturated rings. The van der Waals surface area contributed by atoms with Crippen LogP contribution in [0.25, 0.3) is 0 Å². The Labute approximate surface area is 97.8 Å². The van der Waals surface area contributed by atoms with Gasteiger partial charge in [-0.05, 0) is 18.9 Å². The van der Waals surface area contributed by atoms with Crippen LogP contribution in [0.4, 0.5) is 0 Å². The first kappa shape index (κ1) is 13.2. The van der Waals surface area contributed by atoms with Gasteiger partial charge in [-0.2, -0.15) is 4.98 Å². The Bertz CT molecular complexity index is 296. The van der Waals surface area contributed by atoms with Gasteiger partial charge in [0, 0.05) is 18.9 Å². The fourth-order valence-electron chi connectivity index (χ4n) is 1.68. The molecule has 1 rings (SSSR count). The van der Waals surface area contributed by atoms with Gasteiger partial charge in [-0.3, -0.25) is 0 Å². The van der Waals surface area contributed by atoms with E-state index in [4.69, 9.17) is 4.52 Å². The summed E-state index contributed by atoms with van der Waals surface area (Å²) < 4.78 is 5.24. The average molecular weight is 225 g/mol. The summed E-state index contributed by atoms with van der Waals surface area (Å²) in [7, 11) is 0. The molecule has 0 saturated heterocycles. The second-order valence-electron chi connectivity index (χ2n) is 4.57. The van der Waals surface area contributed by atoms with Crippen LogP contribution in [0.3, 0.4) is 0 Å². The van der Waals surface area contributed by atoms with Gasteiger partial charge in [-0.25, -0.2) is 0 Å². The summed E-state index contributed by atoms with van der Waals surface area (Å²) in [5.74, 6) is 2.15. The van der Waals surface area contributed by atoms with E-state index in [2.05, 4.69) is 43.2 Å². The maximum atomic E-state index is 5.24. The van der Waals surface area contributed by atoms with E-state index in [0.29, 0.717) is 12.0 Å². The van der Waals surface area contributed by atoms with E-state index < -0.39 is 0 Å². The van der Waals surface area contributed by atoms with Crippen molar-refractivity contribution in [2.45, 2.75) is 53.0 Å². The number of rotatable bonds is 7. The topological polar surface area (TPSA) is 51.0 Å². The summed E-state index contributed by atoms with van der Waals surface area (Å²) in [4.78, 5) is 4.40. The summed E-state index contributed by atoms with van der Waals surface area (Å²) in [6, 6.07) is 0.442. The minimum absolute atomic E-state index is 0.442. The molecule has 1 aromatic heterocycles. The van der Waals surface area contributed by atoms with Gasteiger partial charge in [0.1, 0.15) is 0 Å². The van der Waals surface area contributed by atoms with Crippen LogP contribution in [0, 0.1) is 5.92 Å². The van der Waals surface area contributed by atoms with E-state index in [1.165, 1.54) is 0 Å². The molecular formula is C12H23N3O. The first-order valence-corrected chi connectivity index (χ1v) is 6.20. The second kappa shape index (κ2) is 6.63. The zero-order valence-corrected chi connectivity index (χ0v) is 10.8. The van der Waals surface area contributed by atoms with Crippen LogP contribution in [0.15, 0.2) is 4.52 Å². The van der Waals surface area contributed by atoms with Gasteiger partial charge in [-0.1, -0.05) is 32.9 Å². The molecule has 4 heteroatoms. The van der Waals surface area contributed by atoms with E-state index in [0.717, 1.165) is 37.5 Å². The van der Waals surface area contributed by atoms with Crippen LogP contribution in [-0.2, 0) is 12.8 Å². The van der Waals surface area contributed by atoms with E-state index in [1.54, 1.807) is 0 Å². The quantitative estimate of drug-likeness (QED) is 0.773. The highest BCUT2D eigenvalue weighted by atomic mass is 16.5. The van der Waals surface area contributed by atoms with Crippen molar-refractivity contribution in [2.75, 3.05) is 6.54 Å². The maximum Gasteiger partial charge on any atom is 0.228 e. The van der Waals surface area contributed by atoms with E-state index in [9.17, 15) is 0 Å². The summed E-state index contributed by atoms with van der Waals surface area (Å²) in [5.41, 5.74) is 0. The largest absolute Gasteiger partial charge is 0.339 e. The van der Waals surface area contributed by atoms with Crippen molar-refractivity contribution in [2.24, 2.45) is 5.92 Å². The van der Waals surface area contributed by atoms with Crippen molar-refractivity contribution in [3.63, 3.8) is 0 Å². The zero-order valence-electron chi connectivity index (χ0n) is 10.8. The molecule has 1 unspecified atom stereocenters. The van der Waals surface area contributed by atoms with Crippen LogP contribution in [0.2, 0.25) is 0 Å². The minimum atomic E-state index is 0.442. The van der Waals surface area contributed by atoms with Crippen LogP contribution >= 0.6 is 0 Å². The van der Waals surface area contributed by atoms with Crippen molar-refractivity contribution >= 4 is 0 Å². The molecule has 1 N–H and O–H groups in total. The van der Waals surface area contributed by atoms with Gasteiger partial charge >= 0.3 is 0 Å². The highest BCUT2D eigenvalue weighted by Gasteiger charge is 2.12. The molecule has 0 saturated carbocycles. The third kappa shape index (κ3) is 4.31. The number of nitrogens with zero attached hydrogens (tertiary/aromatic N) is 2. The van der Waals surface area contributed by atoms with E-state index in [-0.39, 0.29) is 0 Å². The molecule has 0 spiro atoms. The predicted molar refractivity (Wildman–Crippen MR) is 64.3 cm³/mol. The fourth-order valence-corrected chi connectivity index (χ4v) is 1.68. The van der Waals surface area contributed by atoms with Gasteiger partial charge in [0.2, 0.25) is 5.89 Å². The van der Waals surface area contributed by atoms with Gasteiger partial charge < -0.3 is 9.84 Å². The highest BCUT2D eigenvalue weighted by molar-refractivity contribution is 4.90. The molecule has 0 aliphatic carbocycles. The SMILES string of the molecule is CCNC(CC)Cc1nc(CC(C)C)no1. The van der Waals surface area contributed by atoms with Gasteiger partial charge in [-0.15, -0.1) is 0 Å². The fraction of sp³-hybridized carbons (Fsp3) is 0.833. The molecule has 1 atom stereocenters. The smallest absolute Gasteiger partial charge is 0.228 e. The molecule has 0 amide bonds. The molecule has 0 aliphatic rings. The highest BCUT2D eigenvalue weighted by Crippen LogP contribution is 2.07. The lowest BCUT2D eigenvalue weighted by atomic mass is 10.1. The maximum absolute atomic E-state index is 5.24. The Morgan fingerprint density at radius 2 is 2.00 bits per heavy atom. The number of aromatic nitrogens is 2. The summed E-state index contributed by atoms with van der Waals surface area (Å²) in [6.45, 7) is 9.57. The first-order valence-electron chi connectivity index (χ1n) is 6.20. The Hall–Kier alpha value is -0.900. The zero-order chi connectivity index (χ0) is 12.0. The van der Waals surface area contributed by atoms with Gasteiger partial charge in [0.05, 0.1) is 0 Å². The van der Waals surface area contributed by atoms with Crippen LogP contribution in [0.1, 0.15) is 45.8 Å². The van der Waals surface area contributed by atoms with Gasteiger partial charge in [0.15, 0.2) is 5.82 Å². The molecule has 0 aliphatic heterocycles. The molecule has 16 heavy (non-hydrogen) atoms. The van der Waals surface area contributed by atoms with Crippen molar-refractivity contribution in [3.05, 3.63) is 11.7 Å². The lowest BCUT2D eigenvalue weighted by molar-refractivity contribution is 0.350. The van der Waals surface area contributed by atoms with Crippen molar-refractivity contribution in [1.29, 1.82) is 0 Å². The standard InChI is InChI=1S/C12H23N3O/c1-5-10(13-6-2)8-12-14-11(15-16-12)7-9(3)4/h9-10,13H,5-8H2,1-4H3. The molecule has 0 aromatic carbocycles. The summed E-state index contributed by atoms with van der Waals surface area (Å²) in [6.07, 6.45) is 2.80. The Balaban J connectivity index is 2.50. The van der Waals surface area contributed by atoms with Crippen molar-refractivity contribution < 1.29 is 4.52 Å². The normalized spacial score (nSPS) is 13.3. The molecule has 1 heterocycles. The second-order valence-corrected chi connectivity index (χ2v) is 4.57. The molecule has 4 nitrogen and oxygen atoms in total. The summed E-state index contributed by atoms with van der Waals surface area (Å²) in [5, 5.41) is 7.39. The Morgan fingerprint density at radius 3 is 2.56 bits per heavy atom. The number of hydrogen-bond donors (Lipinski definition) is 1. The number of hydrogen-bond acceptors (Lipinski definition) is 4. The molecule has 0 radical (unpaired) electrons. The molecular weight excluding hydrogens is 202 g/mol. The molecule has 0 bridgehead atoms. The molecule has 92 valence electrons. The number of nitrogens with one attached hydrogen (secondary N) is 1. The first-order chi connectivity index (χ1) is 7.65. The lowest BCUT2D eigenvalue weighted by Gasteiger charge is -2.12. The van der Waals surface area contributed by atoms with Gasteiger partial charge in [0.25, 0.3) is 0 Å². The third-order valence-electron chi connectivity index (χ3n) is 2.51. The monoisotopic (exact) mass is 225 g/mol. The summed E-state index contributed by atoms with van der Waals surface area (Å²) >= 11 is 0. The average Bonchev–Trinajstić information content (AvgIpc) is 2.64. The van der Waals surface area contributed by atoms with Crippen LogP contribution in [-0.4, -0.2) is 22.7 Å². The Morgan fingerprint density at radius 1 is 1.25 bits per heavy atom. The lowest BCUT2D eigenvalue weighted by Crippen LogP contribution is -2.30. The Kier molecular flexibility index (Phi) is 5.46. The van der Waals surface area contributed by atoms with Crippen molar-refractivity contribution in [1.82, 2.24) is 15.5 Å². The predicted octanol–water partition coefficient (Wildman–Crippen LogP) is 2.20. The number of likely N-dealkylation sites (N-methyl/N-ethyl adjacent to an activating group) is 1. The van der Waals surface area contributed by atoms with Crippen molar-refractivity contribution in [3.8, 4) is 0 Å². The minimum Gasteiger partial charge on any atom is -0.339 e. The third-order valence-corrected chi connectivity index (χ3v) is 2.51. The molecule has 1 aromatic rings. The van der Waals surface area contributed by atoms with E-state index in [1.807, 2.05) is 0 Å².